The van der Waals surface area contributed by atoms with Crippen LogP contribution in [-0.4, -0.2) is 34.7 Å². The van der Waals surface area contributed by atoms with Gasteiger partial charge in [-0.1, -0.05) is 31.2 Å². The highest BCUT2D eigenvalue weighted by Gasteiger charge is 2.19. The van der Waals surface area contributed by atoms with E-state index in [0.29, 0.717) is 29.2 Å². The Morgan fingerprint density at radius 3 is 2.75 bits per heavy atom. The van der Waals surface area contributed by atoms with Crippen molar-refractivity contribution in [3.8, 4) is 28.8 Å². The van der Waals surface area contributed by atoms with E-state index in [-0.39, 0.29) is 23.0 Å². The average Bonchev–Trinajstić information content (AvgIpc) is 3.39. The van der Waals surface area contributed by atoms with Crippen molar-refractivity contribution >= 4 is 5.82 Å². The van der Waals surface area contributed by atoms with Crippen LogP contribution in [0.25, 0.3) is 22.8 Å². The van der Waals surface area contributed by atoms with E-state index in [1.807, 2.05) is 16.9 Å². The van der Waals surface area contributed by atoms with Crippen LogP contribution in [0, 0.1) is 30.0 Å². The van der Waals surface area contributed by atoms with Crippen LogP contribution in [0.5, 0.6) is 0 Å². The summed E-state index contributed by atoms with van der Waals surface area (Å²) in [4.78, 5) is 8.44. The van der Waals surface area contributed by atoms with Gasteiger partial charge in [-0.2, -0.15) is 10.4 Å². The van der Waals surface area contributed by atoms with Crippen molar-refractivity contribution in [2.24, 2.45) is 5.92 Å². The molecule has 0 spiro atoms. The number of nitrogen functional groups attached to an aromatic ring is 1. The third kappa shape index (κ3) is 4.18. The number of nitrogens with zero attached hydrogens (tertiary/aromatic N) is 8. The molecule has 0 saturated heterocycles. The van der Waals surface area contributed by atoms with Gasteiger partial charge < -0.3 is 5.73 Å². The topological polar surface area (TPSA) is 124 Å². The van der Waals surface area contributed by atoms with E-state index in [1.165, 1.54) is 0 Å². The van der Waals surface area contributed by atoms with Crippen molar-refractivity contribution in [2.45, 2.75) is 33.9 Å². The van der Waals surface area contributed by atoms with Gasteiger partial charge in [0.1, 0.15) is 11.4 Å². The van der Waals surface area contributed by atoms with Crippen molar-refractivity contribution in [3.05, 3.63) is 59.3 Å². The smallest absolute Gasteiger partial charge is 0.193 e. The van der Waals surface area contributed by atoms with Gasteiger partial charge in [0.2, 0.25) is 0 Å². The first-order chi connectivity index (χ1) is 15.4. The average molecular weight is 431 g/mol. The summed E-state index contributed by atoms with van der Waals surface area (Å²) < 4.78 is 18.2. The van der Waals surface area contributed by atoms with Crippen LogP contribution in [0.3, 0.4) is 0 Å². The van der Waals surface area contributed by atoms with Crippen molar-refractivity contribution < 1.29 is 4.39 Å². The minimum atomic E-state index is -0.767. The summed E-state index contributed by atoms with van der Waals surface area (Å²) in [5.74, 6) is -0.362. The third-order valence-electron chi connectivity index (χ3n) is 4.93. The molecule has 9 nitrogen and oxygen atoms in total. The fourth-order valence-electron chi connectivity index (χ4n) is 3.37. The molecular weight excluding hydrogens is 409 g/mol. The molecule has 32 heavy (non-hydrogen) atoms. The Balaban J connectivity index is 1.66. The molecule has 3 heterocycles. The first-order valence-corrected chi connectivity index (χ1v) is 10.1. The van der Waals surface area contributed by atoms with E-state index in [1.54, 1.807) is 36.0 Å². The minimum absolute atomic E-state index is 0.0501. The zero-order chi connectivity index (χ0) is 22.8. The molecule has 0 radical (unpaired) electrons. The molecule has 0 fully saturated rings. The quantitative estimate of drug-likeness (QED) is 0.497. The second-order valence-electron chi connectivity index (χ2n) is 7.91. The van der Waals surface area contributed by atoms with Crippen LogP contribution in [0.2, 0.25) is 0 Å². The SMILES string of the molecule is Cc1c(C#N)cccc1-c1nc(N)c(F)c(-c2cn(Cc3ccn(CC(C)C)n3)nn2)n1. The van der Waals surface area contributed by atoms with Gasteiger partial charge in [0.25, 0.3) is 0 Å². The van der Waals surface area contributed by atoms with Gasteiger partial charge in [-0.3, -0.25) is 4.68 Å². The van der Waals surface area contributed by atoms with E-state index in [2.05, 4.69) is 45.3 Å². The molecule has 0 amide bonds. The number of aromatic nitrogens is 7. The molecule has 3 aromatic heterocycles. The van der Waals surface area contributed by atoms with Crippen LogP contribution in [0.1, 0.15) is 30.7 Å². The number of benzene rings is 1. The molecule has 2 N–H and O–H groups in total. The van der Waals surface area contributed by atoms with E-state index in [4.69, 9.17) is 5.73 Å². The number of nitrogens with two attached hydrogens (primary N) is 1. The first kappa shape index (κ1) is 21.1. The lowest BCUT2D eigenvalue weighted by Gasteiger charge is -2.09. The normalized spacial score (nSPS) is 11.1. The van der Waals surface area contributed by atoms with Crippen LogP contribution in [0.15, 0.2) is 36.7 Å². The van der Waals surface area contributed by atoms with E-state index in [9.17, 15) is 9.65 Å². The summed E-state index contributed by atoms with van der Waals surface area (Å²) >= 11 is 0. The molecule has 0 saturated carbocycles. The molecule has 0 bridgehead atoms. The second kappa shape index (κ2) is 8.55. The van der Waals surface area contributed by atoms with Gasteiger partial charge in [0.15, 0.2) is 17.5 Å². The standard InChI is InChI=1S/C22H22FN9/c1-13(2)10-31-8-7-16(29-31)11-32-12-18(28-30-32)20-19(23)21(25)27-22(26-20)17-6-4-5-15(9-24)14(17)3/h4-8,12-13H,10-11H2,1-3H3,(H2,25,26,27). The maximum atomic E-state index is 14.8. The van der Waals surface area contributed by atoms with Gasteiger partial charge in [0.05, 0.1) is 30.1 Å². The molecule has 0 aliphatic heterocycles. The maximum Gasteiger partial charge on any atom is 0.193 e. The molecule has 0 unspecified atom stereocenters. The Morgan fingerprint density at radius 1 is 1.19 bits per heavy atom. The molecule has 10 heteroatoms. The number of anilines is 1. The number of nitriles is 1. The maximum absolute atomic E-state index is 14.8. The van der Waals surface area contributed by atoms with Crippen LogP contribution in [0.4, 0.5) is 10.2 Å². The fourth-order valence-corrected chi connectivity index (χ4v) is 3.37. The second-order valence-corrected chi connectivity index (χ2v) is 7.91. The Hall–Kier alpha value is -4.13. The van der Waals surface area contributed by atoms with E-state index >= 15 is 0 Å². The third-order valence-corrected chi connectivity index (χ3v) is 4.93. The lowest BCUT2D eigenvalue weighted by atomic mass is 10.0. The molecule has 162 valence electrons. The molecule has 1 aromatic carbocycles. The van der Waals surface area contributed by atoms with E-state index in [0.717, 1.165) is 12.2 Å². The van der Waals surface area contributed by atoms with Gasteiger partial charge in [0, 0.05) is 18.3 Å². The van der Waals surface area contributed by atoms with Crippen LogP contribution < -0.4 is 5.73 Å². The number of hydrogen-bond donors (Lipinski definition) is 1. The summed E-state index contributed by atoms with van der Waals surface area (Å²) in [6, 6.07) is 9.21. The molecule has 0 aliphatic rings. The predicted octanol–water partition coefficient (Wildman–Crippen LogP) is 3.20. The van der Waals surface area contributed by atoms with Crippen molar-refractivity contribution in [1.82, 2.24) is 34.7 Å². The predicted molar refractivity (Wildman–Crippen MR) is 116 cm³/mol. The molecule has 0 aliphatic carbocycles. The van der Waals surface area contributed by atoms with Crippen molar-refractivity contribution in [2.75, 3.05) is 5.73 Å². The van der Waals surface area contributed by atoms with Gasteiger partial charge >= 0.3 is 0 Å². The largest absolute Gasteiger partial charge is 0.381 e. The Kier molecular flexibility index (Phi) is 5.64. The highest BCUT2D eigenvalue weighted by molar-refractivity contribution is 5.69. The van der Waals surface area contributed by atoms with Gasteiger partial charge in [-0.25, -0.2) is 19.0 Å². The summed E-state index contributed by atoms with van der Waals surface area (Å²) in [6.45, 7) is 7.24. The van der Waals surface area contributed by atoms with Gasteiger partial charge in [-0.05, 0) is 30.5 Å². The lowest BCUT2D eigenvalue weighted by molar-refractivity contribution is 0.477. The number of rotatable bonds is 6. The highest BCUT2D eigenvalue weighted by atomic mass is 19.1. The zero-order valence-corrected chi connectivity index (χ0v) is 18.0. The molecule has 4 rings (SSSR count). The zero-order valence-electron chi connectivity index (χ0n) is 18.0. The monoisotopic (exact) mass is 431 g/mol. The lowest BCUT2D eigenvalue weighted by Crippen LogP contribution is -2.07. The first-order valence-electron chi connectivity index (χ1n) is 10.1. The highest BCUT2D eigenvalue weighted by Crippen LogP contribution is 2.28. The summed E-state index contributed by atoms with van der Waals surface area (Å²) in [6.07, 6.45) is 3.51. The van der Waals surface area contributed by atoms with E-state index < -0.39 is 5.82 Å². The molecular formula is C22H22FN9. The van der Waals surface area contributed by atoms with Gasteiger partial charge in [-0.15, -0.1) is 5.10 Å². The van der Waals surface area contributed by atoms with Crippen molar-refractivity contribution in [1.29, 1.82) is 5.26 Å². The molecule has 0 atom stereocenters. The Morgan fingerprint density at radius 2 is 2.00 bits per heavy atom. The Labute approximate surface area is 184 Å². The van der Waals surface area contributed by atoms with Crippen molar-refractivity contribution in [3.63, 3.8) is 0 Å². The number of hydrogen-bond acceptors (Lipinski definition) is 7. The number of halogens is 1. The fraction of sp³-hybridized carbons (Fsp3) is 0.273. The Bertz CT molecular complexity index is 1310. The van der Waals surface area contributed by atoms with Crippen LogP contribution in [-0.2, 0) is 13.1 Å². The molecule has 4 aromatic rings. The summed E-state index contributed by atoms with van der Waals surface area (Å²) in [7, 11) is 0. The van der Waals surface area contributed by atoms with Crippen LogP contribution >= 0.6 is 0 Å². The summed E-state index contributed by atoms with van der Waals surface area (Å²) in [5, 5.41) is 22.0. The minimum Gasteiger partial charge on any atom is -0.381 e. The summed E-state index contributed by atoms with van der Waals surface area (Å²) in [5.41, 5.74) is 8.59.